The average Bonchev–Trinajstić information content (AvgIpc) is 3.04. The largest absolute Gasteiger partial charge is 0.523 e. The molecule has 2 aromatic carbocycles. The van der Waals surface area contributed by atoms with E-state index in [1.807, 2.05) is 0 Å². The molecular weight excluding hydrogens is 477 g/mol. The molecule has 1 atom stereocenters. The van der Waals surface area contributed by atoms with Crippen molar-refractivity contribution in [1.29, 1.82) is 0 Å². The van der Waals surface area contributed by atoms with Crippen LogP contribution in [0.5, 0.6) is 5.75 Å². The third kappa shape index (κ3) is 5.03. The molecule has 0 bridgehead atoms. The van der Waals surface area contributed by atoms with Crippen LogP contribution in [0.4, 0.5) is 22.0 Å². The fraction of sp³-hybridized carbons (Fsp3) is 0.200. The van der Waals surface area contributed by atoms with Gasteiger partial charge in [-0.05, 0) is 35.4 Å². The van der Waals surface area contributed by atoms with Gasteiger partial charge in [-0.15, -0.1) is 0 Å². The van der Waals surface area contributed by atoms with Crippen LogP contribution >= 0.6 is 0 Å². The number of halogens is 5. The van der Waals surface area contributed by atoms with Gasteiger partial charge in [-0.3, -0.25) is 14.5 Å². The lowest BCUT2D eigenvalue weighted by atomic mass is 9.98. The summed E-state index contributed by atoms with van der Waals surface area (Å²) < 4.78 is 101. The summed E-state index contributed by atoms with van der Waals surface area (Å²) in [7, 11) is -4.96. The highest BCUT2D eigenvalue weighted by Crippen LogP contribution is 2.37. The number of imide groups is 1. The molecule has 1 aliphatic rings. The third-order valence-electron chi connectivity index (χ3n) is 4.57. The molecule has 13 heteroatoms. The first-order valence-electron chi connectivity index (χ1n) is 8.99. The number of rotatable bonds is 7. The molecule has 0 unspecified atom stereocenters. The number of carbonyl (C=O) groups excluding carboxylic acids is 2. The summed E-state index contributed by atoms with van der Waals surface area (Å²) in [6, 6.07) is 5.95. The van der Waals surface area contributed by atoms with Gasteiger partial charge in [-0.1, -0.05) is 12.1 Å². The summed E-state index contributed by atoms with van der Waals surface area (Å²) >= 11 is 0. The molecule has 33 heavy (non-hydrogen) atoms. The van der Waals surface area contributed by atoms with Gasteiger partial charge in [0.15, 0.2) is 0 Å². The van der Waals surface area contributed by atoms with Gasteiger partial charge < -0.3 is 4.74 Å². The highest BCUT2D eigenvalue weighted by molar-refractivity contribution is 7.87. The maximum absolute atomic E-state index is 14.9. The van der Waals surface area contributed by atoms with Crippen LogP contribution in [0.25, 0.3) is 0 Å². The topological polar surface area (TPSA) is 90.0 Å². The first-order chi connectivity index (χ1) is 15.3. The summed E-state index contributed by atoms with van der Waals surface area (Å²) in [6.07, 6.45) is -0.425. The maximum Gasteiger partial charge on any atom is 0.523 e. The quantitative estimate of drug-likeness (QED) is 0.256. The number of methoxy groups -OCH3 is 1. The number of alkyl halides is 3. The van der Waals surface area contributed by atoms with E-state index in [-0.39, 0.29) is 16.9 Å². The number of nitrogens with zero attached hydrogens (tertiary/aromatic N) is 1. The Bertz CT molecular complexity index is 1180. The Balaban J connectivity index is 2.05. The molecule has 0 saturated heterocycles. The number of hydrogen-bond acceptors (Lipinski definition) is 6. The predicted molar refractivity (Wildman–Crippen MR) is 102 cm³/mol. The highest BCUT2D eigenvalue weighted by atomic mass is 32.2. The van der Waals surface area contributed by atoms with Crippen molar-refractivity contribution in [3.8, 4) is 5.75 Å². The molecule has 1 aliphatic heterocycles. The third-order valence-corrected chi connectivity index (χ3v) is 5.58. The minimum Gasteiger partial charge on any atom is -0.497 e. The van der Waals surface area contributed by atoms with E-state index >= 15 is 0 Å². The van der Waals surface area contributed by atoms with Crippen LogP contribution in [-0.2, 0) is 30.4 Å². The van der Waals surface area contributed by atoms with Gasteiger partial charge in [0, 0.05) is 12.2 Å². The van der Waals surface area contributed by atoms with Crippen molar-refractivity contribution >= 4 is 21.9 Å². The number of benzene rings is 2. The molecule has 1 heterocycles. The van der Waals surface area contributed by atoms with Gasteiger partial charge in [-0.2, -0.15) is 21.6 Å². The van der Waals surface area contributed by atoms with Gasteiger partial charge in [0.05, 0.1) is 19.2 Å². The van der Waals surface area contributed by atoms with E-state index in [0.717, 1.165) is 24.3 Å². The Morgan fingerprint density at radius 3 is 1.94 bits per heavy atom. The summed E-state index contributed by atoms with van der Waals surface area (Å²) in [5, 5.41) is 0. The zero-order valence-corrected chi connectivity index (χ0v) is 17.4. The molecule has 7 nitrogen and oxygen atoms in total. The SMILES string of the molecule is COc1ccc([C@H](OS(=O)(=O)C(F)(F)F)c2c(F)cc(CN3C(=O)C=CC3=O)cc2F)cc1. The van der Waals surface area contributed by atoms with Crippen molar-refractivity contribution in [3.63, 3.8) is 0 Å². The molecule has 0 fully saturated rings. The van der Waals surface area contributed by atoms with E-state index in [9.17, 15) is 40.0 Å². The molecule has 0 saturated carbocycles. The van der Waals surface area contributed by atoms with Crippen molar-refractivity contribution in [2.24, 2.45) is 0 Å². The molecule has 3 rings (SSSR count). The van der Waals surface area contributed by atoms with Gasteiger partial charge >= 0.3 is 15.6 Å². The van der Waals surface area contributed by atoms with Crippen molar-refractivity contribution in [3.05, 3.63) is 76.9 Å². The minimum atomic E-state index is -6.26. The lowest BCUT2D eigenvalue weighted by Gasteiger charge is -2.22. The van der Waals surface area contributed by atoms with Crippen LogP contribution in [0.3, 0.4) is 0 Å². The monoisotopic (exact) mass is 491 g/mol. The predicted octanol–water partition coefficient (Wildman–Crippen LogP) is 3.35. The molecule has 0 N–H and O–H groups in total. The molecule has 0 aliphatic carbocycles. The van der Waals surface area contributed by atoms with Crippen LogP contribution in [0.15, 0.2) is 48.6 Å². The van der Waals surface area contributed by atoms with E-state index in [1.165, 1.54) is 19.2 Å². The fourth-order valence-corrected chi connectivity index (χ4v) is 3.55. The molecule has 0 spiro atoms. The number of carbonyl (C=O) groups is 2. The summed E-state index contributed by atoms with van der Waals surface area (Å²) in [5.74, 6) is -4.10. The molecule has 176 valence electrons. The van der Waals surface area contributed by atoms with E-state index in [4.69, 9.17) is 4.74 Å². The zero-order valence-electron chi connectivity index (χ0n) is 16.6. The van der Waals surface area contributed by atoms with E-state index in [0.29, 0.717) is 17.0 Å². The average molecular weight is 491 g/mol. The maximum atomic E-state index is 14.9. The fourth-order valence-electron chi connectivity index (χ4n) is 2.98. The van der Waals surface area contributed by atoms with Crippen LogP contribution < -0.4 is 4.74 Å². The van der Waals surface area contributed by atoms with Crippen LogP contribution in [0.1, 0.15) is 22.8 Å². The molecule has 0 aromatic heterocycles. The number of ether oxygens (including phenoxy) is 1. The Labute approximate surface area is 184 Å². The van der Waals surface area contributed by atoms with Crippen molar-refractivity contribution in [2.45, 2.75) is 18.2 Å². The van der Waals surface area contributed by atoms with Crippen molar-refractivity contribution in [1.82, 2.24) is 4.90 Å². The van der Waals surface area contributed by atoms with E-state index in [1.54, 1.807) is 0 Å². The standard InChI is InChI=1S/C20H14F5NO6S/c1-31-13-4-2-12(3-5-13)19(32-33(29,30)20(23,24)25)18-14(21)8-11(9-15(18)22)10-26-16(27)6-7-17(26)28/h2-9,19H,10H2,1H3/t19-/m0/s1. The Kier molecular flexibility index (Phi) is 6.56. The Morgan fingerprint density at radius 2 is 1.48 bits per heavy atom. The van der Waals surface area contributed by atoms with E-state index in [2.05, 4.69) is 4.18 Å². The zero-order chi connectivity index (χ0) is 24.6. The second-order valence-electron chi connectivity index (χ2n) is 6.72. The first kappa shape index (κ1) is 24.3. The van der Waals surface area contributed by atoms with Crippen molar-refractivity contribution in [2.75, 3.05) is 7.11 Å². The second-order valence-corrected chi connectivity index (χ2v) is 8.28. The van der Waals surface area contributed by atoms with Gasteiger partial charge in [0.25, 0.3) is 11.8 Å². The summed E-state index contributed by atoms with van der Waals surface area (Å²) in [4.78, 5) is 24.0. The molecular formula is C20H14F5NO6S. The molecule has 0 radical (unpaired) electrons. The smallest absolute Gasteiger partial charge is 0.497 e. The second kappa shape index (κ2) is 8.90. The van der Waals surface area contributed by atoms with Crippen molar-refractivity contribution < 1.29 is 48.9 Å². The van der Waals surface area contributed by atoms with Gasteiger partial charge in [-0.25, -0.2) is 13.0 Å². The molecule has 2 aromatic rings. The van der Waals surface area contributed by atoms with Crippen LogP contribution in [0, 0.1) is 11.6 Å². The lowest BCUT2D eigenvalue weighted by Crippen LogP contribution is -2.30. The number of hydrogen-bond donors (Lipinski definition) is 0. The Hall–Kier alpha value is -3.32. The molecule has 2 amide bonds. The van der Waals surface area contributed by atoms with E-state index < -0.39 is 57.3 Å². The number of amides is 2. The summed E-state index contributed by atoms with van der Waals surface area (Å²) in [6.45, 7) is -0.520. The normalized spacial score (nSPS) is 15.3. The summed E-state index contributed by atoms with van der Waals surface area (Å²) in [5.41, 5.74) is -7.49. The first-order valence-corrected chi connectivity index (χ1v) is 10.4. The highest BCUT2D eigenvalue weighted by Gasteiger charge is 2.49. The Morgan fingerprint density at radius 1 is 0.970 bits per heavy atom. The lowest BCUT2D eigenvalue weighted by molar-refractivity contribution is -0.137. The minimum absolute atomic E-state index is 0.202. The van der Waals surface area contributed by atoms with Gasteiger partial charge in [0.2, 0.25) is 0 Å². The van der Waals surface area contributed by atoms with Crippen LogP contribution in [-0.4, -0.2) is 37.8 Å². The van der Waals surface area contributed by atoms with Gasteiger partial charge in [0.1, 0.15) is 23.5 Å². The van der Waals surface area contributed by atoms with Crippen LogP contribution in [0.2, 0.25) is 0 Å².